The smallest absolute Gasteiger partial charge is 0.223 e. The fraction of sp³-hybridized carbons (Fsp3) is 0.467. The van der Waals surface area contributed by atoms with Crippen molar-refractivity contribution >= 4 is 23.1 Å². The molecule has 0 saturated heterocycles. The summed E-state index contributed by atoms with van der Waals surface area (Å²) in [5.74, 6) is 0.0404. The van der Waals surface area contributed by atoms with Crippen molar-refractivity contribution in [2.24, 2.45) is 11.7 Å². The molecule has 0 saturated carbocycles. The Morgan fingerprint density at radius 3 is 2.65 bits per heavy atom. The Bertz CT molecular complexity index is 502. The molecule has 0 aliphatic rings. The van der Waals surface area contributed by atoms with Gasteiger partial charge in [-0.05, 0) is 31.2 Å². The molecule has 0 heterocycles. The van der Waals surface area contributed by atoms with Crippen molar-refractivity contribution in [1.82, 2.24) is 10.2 Å². The molecule has 0 spiro atoms. The lowest BCUT2D eigenvalue weighted by Gasteiger charge is -2.21. The first-order valence-electron chi connectivity index (χ1n) is 6.64. The van der Waals surface area contributed by atoms with E-state index in [1.54, 1.807) is 7.05 Å². The van der Waals surface area contributed by atoms with E-state index in [-0.39, 0.29) is 11.8 Å². The number of thiocarbonyl (C=S) groups is 1. The third-order valence-corrected chi connectivity index (χ3v) is 3.58. The number of amides is 1. The van der Waals surface area contributed by atoms with Crippen LogP contribution >= 0.6 is 12.2 Å². The van der Waals surface area contributed by atoms with E-state index in [0.29, 0.717) is 4.99 Å². The second kappa shape index (κ2) is 7.36. The molecule has 1 rings (SSSR count). The fourth-order valence-electron chi connectivity index (χ4n) is 2.18. The van der Waals surface area contributed by atoms with Crippen LogP contribution in [0, 0.1) is 12.8 Å². The van der Waals surface area contributed by atoms with Crippen LogP contribution in [-0.2, 0) is 11.3 Å². The van der Waals surface area contributed by atoms with Gasteiger partial charge in [-0.2, -0.15) is 0 Å². The van der Waals surface area contributed by atoms with Gasteiger partial charge in [0.1, 0.15) is 4.99 Å². The molecule has 0 fully saturated rings. The summed E-state index contributed by atoms with van der Waals surface area (Å²) in [6, 6.07) is 6.00. The molecule has 0 aliphatic carbocycles. The van der Waals surface area contributed by atoms with E-state index in [1.807, 2.05) is 39.1 Å². The van der Waals surface area contributed by atoms with Crippen LogP contribution in [0.25, 0.3) is 0 Å². The summed E-state index contributed by atoms with van der Waals surface area (Å²) >= 11 is 4.97. The number of rotatable bonds is 6. The van der Waals surface area contributed by atoms with Gasteiger partial charge in [0.2, 0.25) is 5.91 Å². The highest BCUT2D eigenvalue weighted by Gasteiger charge is 2.14. The van der Waals surface area contributed by atoms with Crippen molar-refractivity contribution in [3.8, 4) is 0 Å². The molecular formula is C15H23N3OS. The minimum atomic E-state index is -0.0267. The minimum absolute atomic E-state index is 0.0267. The SMILES string of the molecule is CNC(=O)C(C)CN(C)Cc1ccc(C(N)=S)cc1C. The van der Waals surface area contributed by atoms with E-state index in [9.17, 15) is 4.79 Å². The minimum Gasteiger partial charge on any atom is -0.389 e. The summed E-state index contributed by atoms with van der Waals surface area (Å²) in [5, 5.41) is 2.67. The van der Waals surface area contributed by atoms with Gasteiger partial charge in [-0.1, -0.05) is 31.3 Å². The Kier molecular flexibility index (Phi) is 6.10. The summed E-state index contributed by atoms with van der Waals surface area (Å²) in [7, 11) is 3.68. The second-order valence-corrected chi connectivity index (χ2v) is 5.66. The predicted octanol–water partition coefficient (Wildman–Crippen LogP) is 1.44. The second-order valence-electron chi connectivity index (χ2n) is 5.22. The van der Waals surface area contributed by atoms with Crippen LogP contribution < -0.4 is 11.1 Å². The zero-order chi connectivity index (χ0) is 15.3. The first-order valence-corrected chi connectivity index (χ1v) is 7.05. The summed E-state index contributed by atoms with van der Waals surface area (Å²) < 4.78 is 0. The zero-order valence-electron chi connectivity index (χ0n) is 12.6. The number of hydrogen-bond acceptors (Lipinski definition) is 3. The number of carbonyl (C=O) groups is 1. The lowest BCUT2D eigenvalue weighted by atomic mass is 10.0. The van der Waals surface area contributed by atoms with Crippen LogP contribution in [0.3, 0.4) is 0 Å². The number of carbonyl (C=O) groups excluding carboxylic acids is 1. The highest BCUT2D eigenvalue weighted by Crippen LogP contribution is 2.14. The molecular weight excluding hydrogens is 270 g/mol. The van der Waals surface area contributed by atoms with Crippen molar-refractivity contribution in [2.45, 2.75) is 20.4 Å². The molecule has 0 aromatic heterocycles. The van der Waals surface area contributed by atoms with Crippen LogP contribution in [0.15, 0.2) is 18.2 Å². The van der Waals surface area contributed by atoms with Gasteiger partial charge >= 0.3 is 0 Å². The molecule has 0 radical (unpaired) electrons. The summed E-state index contributed by atoms with van der Waals surface area (Å²) in [4.78, 5) is 14.1. The number of nitrogens with two attached hydrogens (primary N) is 1. The Balaban J connectivity index is 2.69. The maximum absolute atomic E-state index is 11.5. The van der Waals surface area contributed by atoms with E-state index < -0.39 is 0 Å². The highest BCUT2D eigenvalue weighted by atomic mass is 32.1. The molecule has 5 heteroatoms. The summed E-state index contributed by atoms with van der Waals surface area (Å²) in [6.07, 6.45) is 0. The van der Waals surface area contributed by atoms with E-state index in [0.717, 1.165) is 24.2 Å². The van der Waals surface area contributed by atoms with Gasteiger partial charge < -0.3 is 16.0 Å². The van der Waals surface area contributed by atoms with Crippen molar-refractivity contribution in [3.63, 3.8) is 0 Å². The average molecular weight is 293 g/mol. The molecule has 1 amide bonds. The van der Waals surface area contributed by atoms with Crippen LogP contribution in [-0.4, -0.2) is 36.4 Å². The Morgan fingerprint density at radius 1 is 1.50 bits per heavy atom. The Labute approximate surface area is 126 Å². The first-order chi connectivity index (χ1) is 9.35. The van der Waals surface area contributed by atoms with Crippen molar-refractivity contribution in [3.05, 3.63) is 34.9 Å². The van der Waals surface area contributed by atoms with Gasteiger partial charge in [-0.25, -0.2) is 0 Å². The molecule has 0 bridgehead atoms. The van der Waals surface area contributed by atoms with Gasteiger partial charge in [0.25, 0.3) is 0 Å². The normalized spacial score (nSPS) is 12.2. The topological polar surface area (TPSA) is 58.4 Å². The molecule has 1 aromatic rings. The molecule has 1 unspecified atom stereocenters. The standard InChI is InChI=1S/C15H23N3OS/c1-10-7-12(14(16)20)5-6-13(10)9-18(4)8-11(2)15(19)17-3/h5-7,11H,8-9H2,1-4H3,(H2,16,20)(H,17,19). The van der Waals surface area contributed by atoms with Crippen molar-refractivity contribution in [1.29, 1.82) is 0 Å². The largest absolute Gasteiger partial charge is 0.389 e. The van der Waals surface area contributed by atoms with Crippen molar-refractivity contribution < 1.29 is 4.79 Å². The maximum Gasteiger partial charge on any atom is 0.223 e. The fourth-order valence-corrected chi connectivity index (χ4v) is 2.31. The van der Waals surface area contributed by atoms with E-state index >= 15 is 0 Å². The lowest BCUT2D eigenvalue weighted by molar-refractivity contribution is -0.124. The molecule has 20 heavy (non-hydrogen) atoms. The lowest BCUT2D eigenvalue weighted by Crippen LogP contribution is -2.34. The third-order valence-electron chi connectivity index (χ3n) is 3.35. The van der Waals surface area contributed by atoms with Crippen LogP contribution in [0.2, 0.25) is 0 Å². The first kappa shape index (κ1) is 16.6. The maximum atomic E-state index is 11.5. The highest BCUT2D eigenvalue weighted by molar-refractivity contribution is 7.80. The molecule has 3 N–H and O–H groups in total. The third kappa shape index (κ3) is 4.58. The zero-order valence-corrected chi connectivity index (χ0v) is 13.4. The van der Waals surface area contributed by atoms with Gasteiger partial charge in [-0.15, -0.1) is 0 Å². The number of benzene rings is 1. The Hall–Kier alpha value is -1.46. The Morgan fingerprint density at radius 2 is 2.15 bits per heavy atom. The van der Waals surface area contributed by atoms with Gasteiger partial charge in [-0.3, -0.25) is 4.79 Å². The van der Waals surface area contributed by atoms with Gasteiger partial charge in [0.15, 0.2) is 0 Å². The molecule has 1 atom stereocenters. The molecule has 1 aromatic carbocycles. The summed E-state index contributed by atoms with van der Waals surface area (Å²) in [6.45, 7) is 5.49. The van der Waals surface area contributed by atoms with E-state index in [2.05, 4.69) is 10.2 Å². The molecule has 4 nitrogen and oxygen atoms in total. The summed E-state index contributed by atoms with van der Waals surface area (Å²) in [5.41, 5.74) is 8.90. The van der Waals surface area contributed by atoms with E-state index in [4.69, 9.17) is 18.0 Å². The molecule has 0 aliphatic heterocycles. The number of aryl methyl sites for hydroxylation is 1. The monoisotopic (exact) mass is 293 g/mol. The van der Waals surface area contributed by atoms with Crippen LogP contribution in [0.1, 0.15) is 23.6 Å². The average Bonchev–Trinajstić information content (AvgIpc) is 2.39. The van der Waals surface area contributed by atoms with Crippen LogP contribution in [0.4, 0.5) is 0 Å². The quantitative estimate of drug-likeness (QED) is 0.779. The van der Waals surface area contributed by atoms with Crippen molar-refractivity contribution in [2.75, 3.05) is 20.6 Å². The van der Waals surface area contributed by atoms with Gasteiger partial charge in [0.05, 0.1) is 0 Å². The number of hydrogen-bond donors (Lipinski definition) is 2. The number of nitrogens with one attached hydrogen (secondary N) is 1. The van der Waals surface area contributed by atoms with Gasteiger partial charge in [0, 0.05) is 31.6 Å². The number of nitrogens with zero attached hydrogens (tertiary/aromatic N) is 1. The molecule has 110 valence electrons. The van der Waals surface area contributed by atoms with E-state index in [1.165, 1.54) is 5.56 Å². The van der Waals surface area contributed by atoms with Crippen LogP contribution in [0.5, 0.6) is 0 Å². The predicted molar refractivity (Wildman–Crippen MR) is 86.6 cm³/mol.